The zero-order valence-electron chi connectivity index (χ0n) is 13.5. The number of hydrogen-bond donors (Lipinski definition) is 1. The molecule has 1 N–H and O–H groups in total. The molecule has 1 aliphatic heterocycles. The largest absolute Gasteiger partial charge is 0.395 e. The van der Waals surface area contributed by atoms with Gasteiger partial charge in [-0.1, -0.05) is 35.9 Å². The summed E-state index contributed by atoms with van der Waals surface area (Å²) < 4.78 is 2.09. The van der Waals surface area contributed by atoms with Gasteiger partial charge in [0.2, 0.25) is 0 Å². The first-order valence-electron chi connectivity index (χ1n) is 8.29. The van der Waals surface area contributed by atoms with E-state index in [4.69, 9.17) is 16.6 Å². The number of hydrogen-bond acceptors (Lipinski definition) is 3. The van der Waals surface area contributed by atoms with E-state index in [1.165, 1.54) is 11.1 Å². The minimum atomic E-state index is 0.0911. The van der Waals surface area contributed by atoms with E-state index < -0.39 is 0 Å². The summed E-state index contributed by atoms with van der Waals surface area (Å²) in [5, 5.41) is 10.1. The van der Waals surface area contributed by atoms with Gasteiger partial charge in [-0.05, 0) is 35.7 Å². The molecule has 0 aliphatic carbocycles. The smallest absolute Gasteiger partial charge is 0.124 e. The lowest BCUT2D eigenvalue weighted by molar-refractivity contribution is 0.230. The highest BCUT2D eigenvalue weighted by Gasteiger charge is 2.19. The Hall–Kier alpha value is -1.88. The first-order chi connectivity index (χ1) is 11.7. The highest BCUT2D eigenvalue weighted by atomic mass is 35.5. The Labute approximate surface area is 146 Å². The Bertz CT molecular complexity index is 874. The van der Waals surface area contributed by atoms with Crippen molar-refractivity contribution >= 4 is 22.6 Å². The van der Waals surface area contributed by atoms with Crippen LogP contribution in [0.5, 0.6) is 0 Å². The fraction of sp³-hybridized carbons (Fsp3) is 0.316. The Morgan fingerprint density at radius 3 is 2.79 bits per heavy atom. The Morgan fingerprint density at radius 1 is 1.12 bits per heavy atom. The normalized spacial score (nSPS) is 14.9. The van der Waals surface area contributed by atoms with Crippen molar-refractivity contribution in [3.05, 3.63) is 64.4 Å². The maximum absolute atomic E-state index is 9.43. The van der Waals surface area contributed by atoms with Crippen LogP contribution in [-0.4, -0.2) is 32.7 Å². The monoisotopic (exact) mass is 341 g/mol. The first-order valence-corrected chi connectivity index (χ1v) is 8.67. The summed E-state index contributed by atoms with van der Waals surface area (Å²) in [4.78, 5) is 7.19. The third-order valence-electron chi connectivity index (χ3n) is 4.69. The van der Waals surface area contributed by atoms with Crippen molar-refractivity contribution in [3.63, 3.8) is 0 Å². The number of rotatable bonds is 4. The molecule has 0 fully saturated rings. The van der Waals surface area contributed by atoms with Crippen LogP contribution in [0.1, 0.15) is 17.0 Å². The molecule has 0 bridgehead atoms. The SMILES string of the molecule is OCCn1c(CN2CCc3ccccc3C2)nc2ccc(Cl)cc21. The minimum absolute atomic E-state index is 0.0911. The zero-order chi connectivity index (χ0) is 16.5. The van der Waals surface area contributed by atoms with Gasteiger partial charge in [0, 0.05) is 24.7 Å². The van der Waals surface area contributed by atoms with E-state index >= 15 is 0 Å². The van der Waals surface area contributed by atoms with Crippen molar-refractivity contribution in [2.75, 3.05) is 13.2 Å². The van der Waals surface area contributed by atoms with Gasteiger partial charge in [-0.15, -0.1) is 0 Å². The summed E-state index contributed by atoms with van der Waals surface area (Å²) >= 11 is 6.13. The molecule has 0 unspecified atom stereocenters. The second-order valence-corrected chi connectivity index (χ2v) is 6.70. The van der Waals surface area contributed by atoms with Crippen LogP contribution in [0.25, 0.3) is 11.0 Å². The lowest BCUT2D eigenvalue weighted by Crippen LogP contribution is -2.31. The molecule has 4 rings (SSSR count). The molecule has 0 amide bonds. The third-order valence-corrected chi connectivity index (χ3v) is 4.92. The van der Waals surface area contributed by atoms with E-state index in [2.05, 4.69) is 33.7 Å². The first kappa shape index (κ1) is 15.6. The molecule has 124 valence electrons. The molecule has 2 heterocycles. The highest BCUT2D eigenvalue weighted by molar-refractivity contribution is 6.31. The topological polar surface area (TPSA) is 41.3 Å². The van der Waals surface area contributed by atoms with Gasteiger partial charge in [0.25, 0.3) is 0 Å². The molecule has 0 saturated heterocycles. The van der Waals surface area contributed by atoms with Crippen LogP contribution >= 0.6 is 11.6 Å². The van der Waals surface area contributed by atoms with Crippen LogP contribution in [0.3, 0.4) is 0 Å². The summed E-state index contributed by atoms with van der Waals surface area (Å²) in [6, 6.07) is 14.4. The average molecular weight is 342 g/mol. The van der Waals surface area contributed by atoms with Crippen molar-refractivity contribution in [3.8, 4) is 0 Å². The maximum Gasteiger partial charge on any atom is 0.124 e. The fourth-order valence-corrected chi connectivity index (χ4v) is 3.67. The number of halogens is 1. The number of aromatic nitrogens is 2. The lowest BCUT2D eigenvalue weighted by Gasteiger charge is -2.28. The Balaban J connectivity index is 1.64. The van der Waals surface area contributed by atoms with Gasteiger partial charge in [0.1, 0.15) is 5.82 Å². The predicted octanol–water partition coefficient (Wildman–Crippen LogP) is 3.24. The van der Waals surface area contributed by atoms with Gasteiger partial charge in [-0.3, -0.25) is 4.90 Å². The van der Waals surface area contributed by atoms with Gasteiger partial charge >= 0.3 is 0 Å². The van der Waals surface area contributed by atoms with E-state index in [1.807, 2.05) is 18.2 Å². The lowest BCUT2D eigenvalue weighted by atomic mass is 10.00. The molecule has 0 saturated carbocycles. The standard InChI is InChI=1S/C19H20ClN3O/c20-16-5-6-17-18(11-16)23(9-10-24)19(21-17)13-22-8-7-14-3-1-2-4-15(14)12-22/h1-6,11,24H,7-10,12-13H2. The number of imidazole rings is 1. The average Bonchev–Trinajstić information content (AvgIpc) is 2.92. The molecular weight excluding hydrogens is 322 g/mol. The number of nitrogens with zero attached hydrogens (tertiary/aromatic N) is 3. The summed E-state index contributed by atoms with van der Waals surface area (Å²) in [5.74, 6) is 0.987. The molecule has 5 heteroatoms. The molecule has 0 spiro atoms. The summed E-state index contributed by atoms with van der Waals surface area (Å²) in [6.07, 6.45) is 1.07. The van der Waals surface area contributed by atoms with Crippen LogP contribution in [0, 0.1) is 0 Å². The van der Waals surface area contributed by atoms with E-state index in [9.17, 15) is 5.11 Å². The highest BCUT2D eigenvalue weighted by Crippen LogP contribution is 2.24. The van der Waals surface area contributed by atoms with Crippen LogP contribution in [0.2, 0.25) is 5.02 Å². The van der Waals surface area contributed by atoms with Crippen LogP contribution < -0.4 is 0 Å². The third kappa shape index (κ3) is 2.93. The molecule has 1 aromatic heterocycles. The maximum atomic E-state index is 9.43. The number of benzene rings is 2. The van der Waals surface area contributed by atoms with E-state index in [0.717, 1.165) is 42.9 Å². The predicted molar refractivity (Wildman–Crippen MR) is 96.1 cm³/mol. The second-order valence-electron chi connectivity index (χ2n) is 6.27. The van der Waals surface area contributed by atoms with Crippen LogP contribution in [-0.2, 0) is 26.1 Å². The van der Waals surface area contributed by atoms with Gasteiger partial charge in [0.15, 0.2) is 0 Å². The molecule has 0 radical (unpaired) electrons. The van der Waals surface area contributed by atoms with E-state index in [1.54, 1.807) is 0 Å². The molecule has 24 heavy (non-hydrogen) atoms. The molecule has 0 atom stereocenters. The zero-order valence-corrected chi connectivity index (χ0v) is 14.2. The van der Waals surface area contributed by atoms with Crippen LogP contribution in [0.15, 0.2) is 42.5 Å². The molecular formula is C19H20ClN3O. The fourth-order valence-electron chi connectivity index (χ4n) is 3.51. The number of fused-ring (bicyclic) bond motifs is 2. The second kappa shape index (κ2) is 6.55. The quantitative estimate of drug-likeness (QED) is 0.792. The molecule has 3 aromatic rings. The summed E-state index contributed by atoms with van der Waals surface area (Å²) in [6.45, 7) is 3.38. The molecule has 1 aliphatic rings. The van der Waals surface area contributed by atoms with Gasteiger partial charge in [-0.2, -0.15) is 0 Å². The van der Waals surface area contributed by atoms with Crippen molar-refractivity contribution in [2.45, 2.75) is 26.1 Å². The van der Waals surface area contributed by atoms with Crippen molar-refractivity contribution in [1.82, 2.24) is 14.5 Å². The van der Waals surface area contributed by atoms with Gasteiger partial charge < -0.3 is 9.67 Å². The van der Waals surface area contributed by atoms with Crippen molar-refractivity contribution in [1.29, 1.82) is 0 Å². The van der Waals surface area contributed by atoms with E-state index in [0.29, 0.717) is 11.6 Å². The van der Waals surface area contributed by atoms with Gasteiger partial charge in [-0.25, -0.2) is 4.98 Å². The number of aliphatic hydroxyl groups is 1. The Kier molecular flexibility index (Phi) is 4.27. The number of aliphatic hydroxyl groups excluding tert-OH is 1. The molecule has 4 nitrogen and oxygen atoms in total. The van der Waals surface area contributed by atoms with E-state index in [-0.39, 0.29) is 6.61 Å². The van der Waals surface area contributed by atoms with Gasteiger partial charge in [0.05, 0.1) is 24.2 Å². The minimum Gasteiger partial charge on any atom is -0.395 e. The Morgan fingerprint density at radius 2 is 1.96 bits per heavy atom. The summed E-state index contributed by atoms with van der Waals surface area (Å²) in [5.41, 5.74) is 4.77. The molecule has 2 aromatic carbocycles. The van der Waals surface area contributed by atoms with Crippen molar-refractivity contribution in [2.24, 2.45) is 0 Å². The van der Waals surface area contributed by atoms with Crippen molar-refractivity contribution < 1.29 is 5.11 Å². The van der Waals surface area contributed by atoms with Crippen LogP contribution in [0.4, 0.5) is 0 Å². The summed E-state index contributed by atoms with van der Waals surface area (Å²) in [7, 11) is 0.